The number of aliphatic hydroxyl groups is 1. The van der Waals surface area contributed by atoms with Gasteiger partial charge < -0.3 is 5.11 Å². The predicted octanol–water partition coefficient (Wildman–Crippen LogP) is 4.46. The highest BCUT2D eigenvalue weighted by Gasteiger charge is 2.48. The summed E-state index contributed by atoms with van der Waals surface area (Å²) < 4.78 is 0. The van der Waals surface area contributed by atoms with E-state index in [1.165, 1.54) is 19.3 Å². The standard InChI is InChI=1S/C18H25NO/c1-15-9-8-10-16(13-15)17(2,20)18(14-19)11-6-4-3-5-7-12-18/h8-10,13,20H,3-7,11-12H2,1-2H3. The van der Waals surface area contributed by atoms with Gasteiger partial charge in [-0.25, -0.2) is 0 Å². The van der Waals surface area contributed by atoms with Crippen molar-refractivity contribution in [1.29, 1.82) is 5.26 Å². The van der Waals surface area contributed by atoms with Crippen molar-refractivity contribution < 1.29 is 5.11 Å². The van der Waals surface area contributed by atoms with Crippen LogP contribution in [0.1, 0.15) is 63.0 Å². The van der Waals surface area contributed by atoms with Crippen molar-refractivity contribution in [3.05, 3.63) is 35.4 Å². The van der Waals surface area contributed by atoms with Crippen LogP contribution in [0.3, 0.4) is 0 Å². The first-order chi connectivity index (χ1) is 9.52. The van der Waals surface area contributed by atoms with Crippen LogP contribution in [0.4, 0.5) is 0 Å². The van der Waals surface area contributed by atoms with Crippen LogP contribution >= 0.6 is 0 Å². The van der Waals surface area contributed by atoms with Crippen molar-refractivity contribution in [2.75, 3.05) is 0 Å². The largest absolute Gasteiger partial charge is 0.384 e. The second-order valence-electron chi connectivity index (χ2n) is 6.40. The van der Waals surface area contributed by atoms with E-state index in [4.69, 9.17) is 0 Å². The summed E-state index contributed by atoms with van der Waals surface area (Å²) in [5.41, 5.74) is 0.271. The van der Waals surface area contributed by atoms with Gasteiger partial charge in [0.2, 0.25) is 0 Å². The normalized spacial score (nSPS) is 22.1. The van der Waals surface area contributed by atoms with Crippen molar-refractivity contribution in [2.24, 2.45) is 5.41 Å². The fourth-order valence-electron chi connectivity index (χ4n) is 3.44. The van der Waals surface area contributed by atoms with E-state index in [9.17, 15) is 10.4 Å². The Morgan fingerprint density at radius 2 is 1.75 bits per heavy atom. The summed E-state index contributed by atoms with van der Waals surface area (Å²) in [7, 11) is 0. The second-order valence-corrected chi connectivity index (χ2v) is 6.40. The highest BCUT2D eigenvalue weighted by molar-refractivity contribution is 5.31. The Bertz CT molecular complexity index is 490. The lowest BCUT2D eigenvalue weighted by molar-refractivity contribution is -0.0583. The first-order valence-corrected chi connectivity index (χ1v) is 7.73. The van der Waals surface area contributed by atoms with Crippen molar-refractivity contribution >= 4 is 0 Å². The van der Waals surface area contributed by atoms with E-state index in [0.717, 1.165) is 36.8 Å². The van der Waals surface area contributed by atoms with E-state index >= 15 is 0 Å². The molecule has 1 N–H and O–H groups in total. The van der Waals surface area contributed by atoms with E-state index in [2.05, 4.69) is 6.07 Å². The summed E-state index contributed by atoms with van der Waals surface area (Å²) in [6.07, 6.45) is 7.27. The molecule has 1 aliphatic rings. The summed E-state index contributed by atoms with van der Waals surface area (Å²) in [4.78, 5) is 0. The van der Waals surface area contributed by atoms with Crippen LogP contribution in [0.25, 0.3) is 0 Å². The van der Waals surface area contributed by atoms with Crippen LogP contribution < -0.4 is 0 Å². The highest BCUT2D eigenvalue weighted by atomic mass is 16.3. The Kier molecular flexibility index (Phi) is 4.50. The number of nitrogens with zero attached hydrogens (tertiary/aromatic N) is 1. The molecule has 0 radical (unpaired) electrons. The molecule has 0 aliphatic heterocycles. The van der Waals surface area contributed by atoms with Crippen LogP contribution in [0.5, 0.6) is 0 Å². The van der Waals surface area contributed by atoms with E-state index in [1.807, 2.05) is 38.1 Å². The third-order valence-electron chi connectivity index (χ3n) is 4.93. The molecule has 0 amide bonds. The minimum atomic E-state index is -1.08. The van der Waals surface area contributed by atoms with Gasteiger partial charge in [-0.15, -0.1) is 0 Å². The minimum Gasteiger partial charge on any atom is -0.384 e. The zero-order valence-corrected chi connectivity index (χ0v) is 12.7. The lowest BCUT2D eigenvalue weighted by atomic mass is 9.64. The van der Waals surface area contributed by atoms with Gasteiger partial charge in [0, 0.05) is 0 Å². The summed E-state index contributed by atoms with van der Waals surface area (Å²) in [6, 6.07) is 10.4. The van der Waals surface area contributed by atoms with Gasteiger partial charge in [0.05, 0.1) is 11.5 Å². The van der Waals surface area contributed by atoms with Gasteiger partial charge in [0.25, 0.3) is 0 Å². The third kappa shape index (κ3) is 2.74. The quantitative estimate of drug-likeness (QED) is 0.863. The van der Waals surface area contributed by atoms with Crippen molar-refractivity contribution in [1.82, 2.24) is 0 Å². The van der Waals surface area contributed by atoms with E-state index < -0.39 is 11.0 Å². The molecule has 2 rings (SSSR count). The summed E-state index contributed by atoms with van der Waals surface area (Å²) in [5.74, 6) is 0. The maximum absolute atomic E-state index is 11.2. The smallest absolute Gasteiger partial charge is 0.105 e. The monoisotopic (exact) mass is 271 g/mol. The summed E-state index contributed by atoms with van der Waals surface area (Å²) >= 11 is 0. The molecule has 2 heteroatoms. The highest BCUT2D eigenvalue weighted by Crippen LogP contribution is 2.48. The lowest BCUT2D eigenvalue weighted by Gasteiger charge is -2.42. The molecule has 1 saturated carbocycles. The molecule has 1 unspecified atom stereocenters. The summed E-state index contributed by atoms with van der Waals surface area (Å²) in [6.45, 7) is 3.85. The molecule has 0 saturated heterocycles. The molecule has 20 heavy (non-hydrogen) atoms. The average molecular weight is 271 g/mol. The van der Waals surface area contributed by atoms with Crippen LogP contribution in [-0.2, 0) is 5.60 Å². The van der Waals surface area contributed by atoms with Crippen molar-refractivity contribution in [3.63, 3.8) is 0 Å². The number of benzene rings is 1. The predicted molar refractivity (Wildman–Crippen MR) is 81.1 cm³/mol. The van der Waals surface area contributed by atoms with Gasteiger partial charge in [0.1, 0.15) is 5.60 Å². The molecule has 1 fully saturated rings. The van der Waals surface area contributed by atoms with Gasteiger partial charge in [-0.05, 0) is 32.3 Å². The van der Waals surface area contributed by atoms with E-state index in [-0.39, 0.29) is 0 Å². The number of hydrogen-bond donors (Lipinski definition) is 1. The molecule has 1 aromatic rings. The lowest BCUT2D eigenvalue weighted by Crippen LogP contribution is -2.43. The molecule has 1 atom stereocenters. The zero-order valence-electron chi connectivity index (χ0n) is 12.7. The van der Waals surface area contributed by atoms with Gasteiger partial charge in [0.15, 0.2) is 0 Å². The zero-order chi connectivity index (χ0) is 14.6. The fraction of sp³-hybridized carbons (Fsp3) is 0.611. The van der Waals surface area contributed by atoms with Gasteiger partial charge >= 0.3 is 0 Å². The van der Waals surface area contributed by atoms with E-state index in [0.29, 0.717) is 0 Å². The first-order valence-electron chi connectivity index (χ1n) is 7.73. The van der Waals surface area contributed by atoms with Crippen LogP contribution in [-0.4, -0.2) is 5.11 Å². The molecular formula is C18H25NO. The maximum Gasteiger partial charge on any atom is 0.105 e. The number of rotatable bonds is 2. The number of hydrogen-bond acceptors (Lipinski definition) is 2. The topological polar surface area (TPSA) is 44.0 Å². The van der Waals surface area contributed by atoms with Crippen LogP contribution in [0.2, 0.25) is 0 Å². The molecule has 108 valence electrons. The Hall–Kier alpha value is -1.33. The van der Waals surface area contributed by atoms with Crippen LogP contribution in [0.15, 0.2) is 24.3 Å². The molecule has 1 aliphatic carbocycles. The molecule has 1 aromatic carbocycles. The third-order valence-corrected chi connectivity index (χ3v) is 4.93. The van der Waals surface area contributed by atoms with Crippen molar-refractivity contribution in [2.45, 2.75) is 64.4 Å². The van der Waals surface area contributed by atoms with Crippen molar-refractivity contribution in [3.8, 4) is 6.07 Å². The Labute approximate surface area is 122 Å². The summed E-state index contributed by atoms with van der Waals surface area (Å²) in [5, 5.41) is 21.0. The minimum absolute atomic E-state index is 0.652. The van der Waals surface area contributed by atoms with Gasteiger partial charge in [-0.1, -0.05) is 61.9 Å². The van der Waals surface area contributed by atoms with Crippen LogP contribution in [0, 0.1) is 23.7 Å². The average Bonchev–Trinajstić information content (AvgIpc) is 2.39. The molecule has 0 heterocycles. The SMILES string of the molecule is Cc1cccc(C(C)(O)C2(C#N)CCCCCCC2)c1. The Balaban J connectivity index is 2.39. The molecule has 0 bridgehead atoms. The number of aryl methyl sites for hydroxylation is 1. The molecule has 2 nitrogen and oxygen atoms in total. The Morgan fingerprint density at radius 1 is 1.15 bits per heavy atom. The maximum atomic E-state index is 11.2. The van der Waals surface area contributed by atoms with Gasteiger partial charge in [-0.2, -0.15) is 5.26 Å². The molecule has 0 aromatic heterocycles. The fourth-order valence-corrected chi connectivity index (χ4v) is 3.44. The number of nitriles is 1. The Morgan fingerprint density at radius 3 is 2.30 bits per heavy atom. The molecule has 0 spiro atoms. The second kappa shape index (κ2) is 5.97. The van der Waals surface area contributed by atoms with E-state index in [1.54, 1.807) is 0 Å². The molecular weight excluding hydrogens is 246 g/mol. The first kappa shape index (κ1) is 15.1. The van der Waals surface area contributed by atoms with Gasteiger partial charge in [-0.3, -0.25) is 0 Å².